The van der Waals surface area contributed by atoms with Crippen molar-refractivity contribution < 1.29 is 28.7 Å². The Morgan fingerprint density at radius 2 is 1.58 bits per heavy atom. The van der Waals surface area contributed by atoms with Crippen LogP contribution in [0.3, 0.4) is 0 Å². The third-order valence-corrected chi connectivity index (χ3v) is 9.52. The van der Waals surface area contributed by atoms with Gasteiger partial charge in [0.25, 0.3) is 5.91 Å². The van der Waals surface area contributed by atoms with Crippen molar-refractivity contribution in [3.8, 4) is 5.75 Å². The fraction of sp³-hybridized carbons (Fsp3) is 0.529. The Labute approximate surface area is 264 Å². The van der Waals surface area contributed by atoms with Crippen LogP contribution >= 0.6 is 0 Å². The van der Waals surface area contributed by atoms with Crippen molar-refractivity contribution >= 4 is 23.6 Å². The molecule has 2 atom stereocenters. The maximum Gasteiger partial charge on any atom is 0.260 e. The summed E-state index contributed by atoms with van der Waals surface area (Å²) in [5.41, 5.74) is 1.74. The lowest BCUT2D eigenvalue weighted by Gasteiger charge is -2.39. The number of amides is 4. The summed E-state index contributed by atoms with van der Waals surface area (Å²) >= 11 is 0. The van der Waals surface area contributed by atoms with Gasteiger partial charge >= 0.3 is 0 Å². The summed E-state index contributed by atoms with van der Waals surface area (Å²) in [5.74, 6) is 0.0354. The Morgan fingerprint density at radius 1 is 0.867 bits per heavy atom. The van der Waals surface area contributed by atoms with E-state index in [-0.39, 0.29) is 55.3 Å². The summed E-state index contributed by atoms with van der Waals surface area (Å²) in [6, 6.07) is 16.4. The highest BCUT2D eigenvalue weighted by Crippen LogP contribution is 2.25. The summed E-state index contributed by atoms with van der Waals surface area (Å²) in [5, 5.41) is 6.71. The average Bonchev–Trinajstić information content (AvgIpc) is 3.50. The summed E-state index contributed by atoms with van der Waals surface area (Å²) < 4.78 is 11.2. The third kappa shape index (κ3) is 7.65. The van der Waals surface area contributed by atoms with E-state index >= 15 is 0 Å². The van der Waals surface area contributed by atoms with E-state index in [9.17, 15) is 19.2 Å². The SMILES string of the molecule is O=C1NCc2ccccc2CC(=O)N(C2CCN(C(=O)COc3ccccc3)CC2)CC(=O)N2C[C@@H](NC3CCOCC3)C[C@@H]12. The molecule has 0 bridgehead atoms. The number of nitrogens with one attached hydrogen (secondary N) is 2. The lowest BCUT2D eigenvalue weighted by molar-refractivity contribution is -0.146. The van der Waals surface area contributed by atoms with Gasteiger partial charge < -0.3 is 34.8 Å². The number of ether oxygens (including phenoxy) is 2. The Morgan fingerprint density at radius 3 is 2.33 bits per heavy atom. The van der Waals surface area contributed by atoms with Crippen LogP contribution in [0.5, 0.6) is 5.75 Å². The second-order valence-corrected chi connectivity index (χ2v) is 12.4. The zero-order valence-corrected chi connectivity index (χ0v) is 25.7. The zero-order chi connectivity index (χ0) is 31.2. The molecule has 4 amide bonds. The quantitative estimate of drug-likeness (QED) is 0.504. The van der Waals surface area contributed by atoms with E-state index in [4.69, 9.17) is 9.47 Å². The summed E-state index contributed by atoms with van der Waals surface area (Å²) in [6.07, 6.45) is 3.60. The molecule has 0 unspecified atom stereocenters. The molecule has 6 rings (SSSR count). The van der Waals surface area contributed by atoms with E-state index in [0.717, 1.165) is 24.0 Å². The first-order chi connectivity index (χ1) is 21.9. The number of hydrogen-bond donors (Lipinski definition) is 2. The number of fused-ring (bicyclic) bond motifs is 2. The molecule has 45 heavy (non-hydrogen) atoms. The van der Waals surface area contributed by atoms with Crippen LogP contribution in [0.2, 0.25) is 0 Å². The van der Waals surface area contributed by atoms with Crippen LogP contribution in [-0.2, 0) is 36.9 Å². The lowest BCUT2D eigenvalue weighted by atomic mass is 9.99. The Balaban J connectivity index is 1.16. The first-order valence-electron chi connectivity index (χ1n) is 16.2. The van der Waals surface area contributed by atoms with Gasteiger partial charge in [0.1, 0.15) is 18.3 Å². The number of rotatable bonds is 6. The molecule has 4 aliphatic heterocycles. The molecular weight excluding hydrogens is 574 g/mol. The van der Waals surface area contributed by atoms with Crippen LogP contribution in [0.15, 0.2) is 54.6 Å². The smallest absolute Gasteiger partial charge is 0.260 e. The van der Waals surface area contributed by atoms with Gasteiger partial charge in [-0.1, -0.05) is 42.5 Å². The second kappa shape index (κ2) is 14.4. The largest absolute Gasteiger partial charge is 0.484 e. The third-order valence-electron chi connectivity index (χ3n) is 9.52. The molecule has 0 saturated carbocycles. The second-order valence-electron chi connectivity index (χ2n) is 12.4. The number of hydrogen-bond acceptors (Lipinski definition) is 7. The molecule has 2 aromatic carbocycles. The fourth-order valence-corrected chi connectivity index (χ4v) is 6.98. The van der Waals surface area contributed by atoms with E-state index < -0.39 is 6.04 Å². The number of piperidine rings is 1. The maximum absolute atomic E-state index is 14.0. The molecule has 3 fully saturated rings. The molecule has 4 aliphatic rings. The van der Waals surface area contributed by atoms with Crippen LogP contribution in [0, 0.1) is 0 Å². The Hall–Kier alpha value is -3.96. The van der Waals surface area contributed by atoms with Gasteiger partial charge in [-0.3, -0.25) is 19.2 Å². The summed E-state index contributed by atoms with van der Waals surface area (Å²) in [6.45, 7) is 2.93. The van der Waals surface area contributed by atoms with Gasteiger partial charge in [0, 0.05) is 57.5 Å². The first kappa shape index (κ1) is 31.0. The van der Waals surface area contributed by atoms with Gasteiger partial charge in [-0.2, -0.15) is 0 Å². The topological polar surface area (TPSA) is 121 Å². The van der Waals surface area contributed by atoms with Crippen molar-refractivity contribution in [1.29, 1.82) is 0 Å². The molecule has 0 radical (unpaired) electrons. The molecule has 0 aliphatic carbocycles. The molecule has 0 spiro atoms. The number of benzene rings is 2. The molecule has 2 aromatic rings. The van der Waals surface area contributed by atoms with Crippen molar-refractivity contribution in [3.63, 3.8) is 0 Å². The monoisotopic (exact) mass is 617 g/mol. The molecule has 4 heterocycles. The van der Waals surface area contributed by atoms with Crippen LogP contribution in [0.25, 0.3) is 0 Å². The van der Waals surface area contributed by atoms with Gasteiger partial charge in [0.2, 0.25) is 17.7 Å². The molecule has 3 saturated heterocycles. The minimum absolute atomic E-state index is 0.0123. The highest BCUT2D eigenvalue weighted by molar-refractivity contribution is 5.91. The van der Waals surface area contributed by atoms with Gasteiger partial charge in [0.05, 0.1) is 6.42 Å². The van der Waals surface area contributed by atoms with E-state index in [1.165, 1.54) is 0 Å². The Kier molecular flexibility index (Phi) is 9.95. The standard InChI is InChI=1S/C34H43N5O6/c40-31-18-24-6-4-5-7-25(24)20-35-34(43)30-19-27(36-26-12-16-44-17-13-26)21-39(30)32(41)22-38(31)28-10-14-37(15-11-28)33(42)23-45-29-8-2-1-3-9-29/h1-9,26-28,30,36H,10-23H2,(H,35,43)/t27-,30-/m0/s1. The highest BCUT2D eigenvalue weighted by Gasteiger charge is 2.42. The van der Waals surface area contributed by atoms with E-state index in [0.29, 0.717) is 70.4 Å². The normalized spacial score (nSPS) is 23.9. The minimum Gasteiger partial charge on any atom is -0.484 e. The van der Waals surface area contributed by atoms with Gasteiger partial charge in [-0.15, -0.1) is 0 Å². The molecular formula is C34H43N5O6. The van der Waals surface area contributed by atoms with Crippen LogP contribution in [-0.4, -0.2) is 108 Å². The first-order valence-corrected chi connectivity index (χ1v) is 16.2. The predicted octanol–water partition coefficient (Wildman–Crippen LogP) is 1.50. The number of carbonyl (C=O) groups is 4. The molecule has 240 valence electrons. The number of para-hydroxylation sites is 1. The van der Waals surface area contributed by atoms with Crippen LogP contribution in [0.4, 0.5) is 0 Å². The predicted molar refractivity (Wildman–Crippen MR) is 166 cm³/mol. The number of carbonyl (C=O) groups excluding carboxylic acids is 4. The van der Waals surface area contributed by atoms with Crippen molar-refractivity contribution in [3.05, 3.63) is 65.7 Å². The van der Waals surface area contributed by atoms with Crippen LogP contribution in [0.1, 0.15) is 43.2 Å². The van der Waals surface area contributed by atoms with Gasteiger partial charge in [-0.25, -0.2) is 0 Å². The van der Waals surface area contributed by atoms with Gasteiger partial charge in [-0.05, 0) is 55.4 Å². The minimum atomic E-state index is -0.609. The lowest BCUT2D eigenvalue weighted by Crippen LogP contribution is -2.55. The van der Waals surface area contributed by atoms with E-state index in [1.54, 1.807) is 14.7 Å². The summed E-state index contributed by atoms with van der Waals surface area (Å²) in [4.78, 5) is 59.5. The van der Waals surface area contributed by atoms with E-state index in [1.807, 2.05) is 54.6 Å². The Bertz CT molecular complexity index is 1360. The molecule has 11 heteroatoms. The van der Waals surface area contributed by atoms with E-state index in [2.05, 4.69) is 10.6 Å². The average molecular weight is 618 g/mol. The van der Waals surface area contributed by atoms with Crippen molar-refractivity contribution in [2.45, 2.75) is 69.2 Å². The number of likely N-dealkylation sites (tertiary alicyclic amines) is 1. The zero-order valence-electron chi connectivity index (χ0n) is 25.7. The number of nitrogens with zero attached hydrogens (tertiary/aromatic N) is 3. The highest BCUT2D eigenvalue weighted by atomic mass is 16.5. The maximum atomic E-state index is 14.0. The van der Waals surface area contributed by atoms with Crippen molar-refractivity contribution in [2.75, 3.05) is 46.0 Å². The molecule has 0 aromatic heterocycles. The van der Waals surface area contributed by atoms with Crippen molar-refractivity contribution in [1.82, 2.24) is 25.3 Å². The summed E-state index contributed by atoms with van der Waals surface area (Å²) in [7, 11) is 0. The van der Waals surface area contributed by atoms with Crippen molar-refractivity contribution in [2.24, 2.45) is 0 Å². The molecule has 11 nitrogen and oxygen atoms in total. The van der Waals surface area contributed by atoms with Crippen LogP contribution < -0.4 is 15.4 Å². The van der Waals surface area contributed by atoms with Gasteiger partial charge in [0.15, 0.2) is 6.61 Å². The fourth-order valence-electron chi connectivity index (χ4n) is 6.98. The molecule has 2 N–H and O–H groups in total.